The number of rotatable bonds is 5. The van der Waals surface area contributed by atoms with Crippen LogP contribution in [0.2, 0.25) is 10.0 Å². The van der Waals surface area contributed by atoms with Crippen LogP contribution in [0.3, 0.4) is 0 Å². The van der Waals surface area contributed by atoms with Crippen molar-refractivity contribution in [1.82, 2.24) is 14.5 Å². The first-order chi connectivity index (χ1) is 13.5. The molecule has 7 heteroatoms. The van der Waals surface area contributed by atoms with Gasteiger partial charge in [-0.05, 0) is 37.6 Å². The number of halogens is 2. The van der Waals surface area contributed by atoms with Crippen LogP contribution >= 0.6 is 23.2 Å². The zero-order valence-electron chi connectivity index (χ0n) is 15.4. The third-order valence-electron chi connectivity index (χ3n) is 4.97. The lowest BCUT2D eigenvalue weighted by molar-refractivity contribution is 0.647. The normalized spacial score (nSPS) is 11.6. The summed E-state index contributed by atoms with van der Waals surface area (Å²) in [6.45, 7) is 3.49. The predicted molar refractivity (Wildman–Crippen MR) is 116 cm³/mol. The lowest BCUT2D eigenvalue weighted by atomic mass is 10.1. The van der Waals surface area contributed by atoms with E-state index in [9.17, 15) is 4.79 Å². The summed E-state index contributed by atoms with van der Waals surface area (Å²) in [7, 11) is 0. The number of fused-ring (bicyclic) bond motifs is 2. The summed E-state index contributed by atoms with van der Waals surface area (Å²) < 4.78 is 2.25. The zero-order chi connectivity index (χ0) is 19.8. The van der Waals surface area contributed by atoms with Gasteiger partial charge in [0, 0.05) is 28.7 Å². The van der Waals surface area contributed by atoms with Crippen LogP contribution in [0.1, 0.15) is 19.0 Å². The van der Waals surface area contributed by atoms with Crippen LogP contribution in [0, 0.1) is 0 Å². The second kappa shape index (κ2) is 7.59. The van der Waals surface area contributed by atoms with Crippen LogP contribution in [0.4, 0.5) is 0 Å². The third-order valence-corrected chi connectivity index (χ3v) is 5.69. The summed E-state index contributed by atoms with van der Waals surface area (Å²) in [6, 6.07) is 11.4. The Labute approximate surface area is 172 Å². The molecule has 2 aromatic carbocycles. The fourth-order valence-electron chi connectivity index (χ4n) is 3.74. The molecule has 0 atom stereocenters. The van der Waals surface area contributed by atoms with E-state index in [-0.39, 0.29) is 5.56 Å². The predicted octanol–water partition coefficient (Wildman–Crippen LogP) is 4.76. The van der Waals surface area contributed by atoms with E-state index in [1.165, 1.54) is 0 Å². The molecule has 28 heavy (non-hydrogen) atoms. The molecule has 0 unspecified atom stereocenters. The molecule has 5 nitrogen and oxygen atoms in total. The molecule has 2 heterocycles. The molecule has 3 N–H and O–H groups in total. The Balaban J connectivity index is 2.05. The molecular weight excluding hydrogens is 395 g/mol. The van der Waals surface area contributed by atoms with Crippen molar-refractivity contribution in [3.63, 3.8) is 0 Å². The lowest BCUT2D eigenvalue weighted by Gasteiger charge is -2.10. The number of hydrogen-bond donors (Lipinski definition) is 2. The van der Waals surface area contributed by atoms with Gasteiger partial charge in [-0.15, -0.1) is 0 Å². The Morgan fingerprint density at radius 2 is 1.93 bits per heavy atom. The summed E-state index contributed by atoms with van der Waals surface area (Å²) in [5.41, 5.74) is 10.1. The molecule has 0 bridgehead atoms. The number of para-hydroxylation sites is 1. The molecule has 0 aliphatic heterocycles. The zero-order valence-corrected chi connectivity index (χ0v) is 16.9. The van der Waals surface area contributed by atoms with E-state index >= 15 is 0 Å². The Bertz CT molecular complexity index is 1240. The molecule has 2 aromatic heterocycles. The first-order valence-corrected chi connectivity index (χ1v) is 10.00. The number of nitrogens with two attached hydrogens (primary N) is 1. The van der Waals surface area contributed by atoms with Crippen molar-refractivity contribution in [1.29, 1.82) is 0 Å². The van der Waals surface area contributed by atoms with E-state index in [0.717, 1.165) is 41.5 Å². The molecule has 0 aliphatic rings. The number of aromatic nitrogens is 3. The second-order valence-corrected chi connectivity index (χ2v) is 7.50. The van der Waals surface area contributed by atoms with Crippen molar-refractivity contribution in [2.75, 3.05) is 6.54 Å². The highest BCUT2D eigenvalue weighted by molar-refractivity contribution is 6.42. The molecule has 0 amide bonds. The van der Waals surface area contributed by atoms with Gasteiger partial charge in [-0.1, -0.05) is 48.3 Å². The second-order valence-electron chi connectivity index (χ2n) is 6.68. The highest BCUT2D eigenvalue weighted by atomic mass is 35.5. The van der Waals surface area contributed by atoms with Crippen LogP contribution < -0.4 is 11.3 Å². The van der Waals surface area contributed by atoms with Gasteiger partial charge >= 0.3 is 0 Å². The summed E-state index contributed by atoms with van der Waals surface area (Å²) in [5.74, 6) is 0. The minimum absolute atomic E-state index is 0.248. The fourth-order valence-corrected chi connectivity index (χ4v) is 4.07. The topological polar surface area (TPSA) is 76.7 Å². The molecule has 0 saturated carbocycles. The number of H-pyrrole nitrogens is 1. The first-order valence-electron chi connectivity index (χ1n) is 9.24. The molecule has 0 aliphatic carbocycles. The monoisotopic (exact) mass is 414 g/mol. The van der Waals surface area contributed by atoms with Crippen molar-refractivity contribution in [2.24, 2.45) is 5.73 Å². The fraction of sp³-hybridized carbons (Fsp3) is 0.238. The van der Waals surface area contributed by atoms with Crippen molar-refractivity contribution in [3.05, 3.63) is 62.5 Å². The van der Waals surface area contributed by atoms with Gasteiger partial charge in [0.1, 0.15) is 5.69 Å². The van der Waals surface area contributed by atoms with Crippen molar-refractivity contribution < 1.29 is 0 Å². The maximum absolute atomic E-state index is 12.9. The van der Waals surface area contributed by atoms with E-state index in [1.54, 1.807) is 12.1 Å². The Morgan fingerprint density at radius 3 is 2.68 bits per heavy atom. The van der Waals surface area contributed by atoms with Gasteiger partial charge in [-0.2, -0.15) is 0 Å². The van der Waals surface area contributed by atoms with E-state index in [1.807, 2.05) is 18.2 Å². The molecule has 0 fully saturated rings. The maximum Gasteiger partial charge on any atom is 0.275 e. The lowest BCUT2D eigenvalue weighted by Crippen LogP contribution is -2.13. The highest BCUT2D eigenvalue weighted by Gasteiger charge is 2.21. The largest absolute Gasteiger partial charge is 0.344 e. The Kier molecular flexibility index (Phi) is 5.15. The van der Waals surface area contributed by atoms with Gasteiger partial charge in [-0.25, -0.2) is 4.98 Å². The van der Waals surface area contributed by atoms with Gasteiger partial charge in [0.05, 0.1) is 21.1 Å². The minimum atomic E-state index is -0.248. The van der Waals surface area contributed by atoms with Gasteiger partial charge < -0.3 is 15.3 Å². The minimum Gasteiger partial charge on any atom is -0.344 e. The number of nitrogens with zero attached hydrogens (tertiary/aromatic N) is 2. The average molecular weight is 415 g/mol. The van der Waals surface area contributed by atoms with Crippen molar-refractivity contribution in [2.45, 2.75) is 26.3 Å². The molecule has 144 valence electrons. The van der Waals surface area contributed by atoms with Crippen molar-refractivity contribution in [3.8, 4) is 11.3 Å². The maximum atomic E-state index is 12.9. The van der Waals surface area contributed by atoms with Crippen LogP contribution in [-0.2, 0) is 13.0 Å². The van der Waals surface area contributed by atoms with Gasteiger partial charge in [0.25, 0.3) is 5.56 Å². The van der Waals surface area contributed by atoms with Gasteiger partial charge in [0.15, 0.2) is 0 Å². The average Bonchev–Trinajstić information content (AvgIpc) is 3.00. The van der Waals surface area contributed by atoms with Gasteiger partial charge in [0.2, 0.25) is 0 Å². The van der Waals surface area contributed by atoms with E-state index in [4.69, 9.17) is 28.9 Å². The Morgan fingerprint density at radius 1 is 1.18 bits per heavy atom. The van der Waals surface area contributed by atoms with E-state index in [0.29, 0.717) is 33.3 Å². The summed E-state index contributed by atoms with van der Waals surface area (Å²) in [6.07, 6.45) is 1.63. The van der Waals surface area contributed by atoms with Crippen LogP contribution in [0.5, 0.6) is 0 Å². The van der Waals surface area contributed by atoms with Crippen molar-refractivity contribution >= 4 is 45.1 Å². The molecule has 0 radical (unpaired) electrons. The summed E-state index contributed by atoms with van der Waals surface area (Å²) in [5, 5.41) is 1.79. The smallest absolute Gasteiger partial charge is 0.275 e. The van der Waals surface area contributed by atoms with Crippen LogP contribution in [0.25, 0.3) is 33.2 Å². The number of hydrogen-bond acceptors (Lipinski definition) is 3. The molecule has 0 saturated heterocycles. The Hall–Kier alpha value is -2.34. The molecular formula is C21H20Cl2N4O. The van der Waals surface area contributed by atoms with Crippen LogP contribution in [0.15, 0.2) is 41.2 Å². The number of aromatic amines is 1. The highest BCUT2D eigenvalue weighted by Crippen LogP contribution is 2.34. The first kappa shape index (κ1) is 19.0. The molecule has 4 aromatic rings. The number of nitrogens with one attached hydrogen (secondary N) is 1. The molecule has 0 spiro atoms. The quantitative estimate of drug-likeness (QED) is 0.493. The SMILES string of the molecule is CCc1c(-c2nc3cc(Cl)c(Cl)cc3[nH]c2=O)c2ccccc2n1CCCN. The van der Waals surface area contributed by atoms with Gasteiger partial charge in [-0.3, -0.25) is 4.79 Å². The van der Waals surface area contributed by atoms with Crippen LogP contribution in [-0.4, -0.2) is 21.1 Å². The number of aryl methyl sites for hydroxylation is 1. The molecule has 4 rings (SSSR count). The summed E-state index contributed by atoms with van der Waals surface area (Å²) in [4.78, 5) is 20.5. The van der Waals surface area contributed by atoms with E-state index < -0.39 is 0 Å². The number of benzene rings is 2. The summed E-state index contributed by atoms with van der Waals surface area (Å²) >= 11 is 12.2. The standard InChI is InChI=1S/C21H20Cl2N4O/c1-2-17-19(12-6-3-4-7-18(12)27(17)9-5-8-24)20-21(28)26-16-11-14(23)13(22)10-15(16)25-20/h3-4,6-7,10-11H,2,5,8-9,24H2,1H3,(H,26,28). The van der Waals surface area contributed by atoms with E-state index in [2.05, 4.69) is 27.5 Å². The third kappa shape index (κ3) is 3.09.